The van der Waals surface area contributed by atoms with E-state index < -0.39 is 0 Å². The summed E-state index contributed by atoms with van der Waals surface area (Å²) in [5.74, 6) is 1.04. The molecular weight excluding hydrogens is 266 g/mol. The van der Waals surface area contributed by atoms with E-state index >= 15 is 0 Å². The van der Waals surface area contributed by atoms with E-state index in [2.05, 4.69) is 16.3 Å². The maximum Gasteiger partial charge on any atom is 0.241 e. The zero-order valence-corrected chi connectivity index (χ0v) is 13.3. The van der Waals surface area contributed by atoms with E-state index in [0.29, 0.717) is 6.54 Å². The van der Waals surface area contributed by atoms with Crippen molar-refractivity contribution in [2.45, 2.75) is 19.5 Å². The molecule has 0 bridgehead atoms. The normalized spacial score (nSPS) is 19.3. The number of carbonyl (C=O) groups is 1. The highest BCUT2D eigenvalue weighted by molar-refractivity contribution is 5.82. The number of carbonyl (C=O) groups excluding carboxylic acids is 1. The lowest BCUT2D eigenvalue weighted by Crippen LogP contribution is -2.56. The standard InChI is InChI=1S/C16H25N3O2/c1-12-9-13(5-6-15(12)21-4)11-19(3)16(20)14-10-17-7-8-18(14)2/h5-6,9,14,17H,7-8,10-11H2,1-4H3. The van der Waals surface area contributed by atoms with Crippen LogP contribution >= 0.6 is 0 Å². The summed E-state index contributed by atoms with van der Waals surface area (Å²) in [5, 5.41) is 3.28. The average Bonchev–Trinajstić information content (AvgIpc) is 2.47. The number of likely N-dealkylation sites (N-methyl/N-ethyl adjacent to an activating group) is 2. The van der Waals surface area contributed by atoms with Crippen molar-refractivity contribution in [3.8, 4) is 5.75 Å². The number of aryl methyl sites for hydroxylation is 1. The SMILES string of the molecule is COc1ccc(CN(C)C(=O)C2CNCCN2C)cc1C. The molecule has 1 atom stereocenters. The van der Waals surface area contributed by atoms with E-state index in [4.69, 9.17) is 4.74 Å². The van der Waals surface area contributed by atoms with Crippen LogP contribution in [0.1, 0.15) is 11.1 Å². The molecule has 116 valence electrons. The van der Waals surface area contributed by atoms with Gasteiger partial charge in [-0.15, -0.1) is 0 Å². The first-order chi connectivity index (χ1) is 10.0. The molecule has 1 aromatic carbocycles. The van der Waals surface area contributed by atoms with Crippen molar-refractivity contribution in [3.05, 3.63) is 29.3 Å². The Morgan fingerprint density at radius 3 is 2.90 bits per heavy atom. The summed E-state index contributed by atoms with van der Waals surface area (Å²) in [6, 6.07) is 5.98. The molecule has 1 aliphatic rings. The van der Waals surface area contributed by atoms with Crippen LogP contribution in [0.4, 0.5) is 0 Å². The Morgan fingerprint density at radius 2 is 2.29 bits per heavy atom. The summed E-state index contributed by atoms with van der Waals surface area (Å²) in [7, 11) is 5.54. The third-order valence-electron chi connectivity index (χ3n) is 4.05. The molecule has 1 unspecified atom stereocenters. The van der Waals surface area contributed by atoms with Crippen LogP contribution < -0.4 is 10.1 Å². The second-order valence-corrected chi connectivity index (χ2v) is 5.70. The van der Waals surface area contributed by atoms with E-state index in [1.54, 1.807) is 12.0 Å². The molecule has 1 saturated heterocycles. The van der Waals surface area contributed by atoms with Gasteiger partial charge in [-0.3, -0.25) is 9.69 Å². The first-order valence-electron chi connectivity index (χ1n) is 7.32. The smallest absolute Gasteiger partial charge is 0.241 e. The molecule has 0 aliphatic carbocycles. The number of rotatable bonds is 4. The van der Waals surface area contributed by atoms with Gasteiger partial charge in [0.25, 0.3) is 0 Å². The third-order valence-corrected chi connectivity index (χ3v) is 4.05. The Bertz CT molecular complexity index is 504. The zero-order valence-electron chi connectivity index (χ0n) is 13.3. The third kappa shape index (κ3) is 3.74. The fourth-order valence-corrected chi connectivity index (χ4v) is 2.73. The lowest BCUT2D eigenvalue weighted by molar-refractivity contribution is -0.136. The molecule has 1 aromatic rings. The van der Waals surface area contributed by atoms with E-state index in [0.717, 1.165) is 36.5 Å². The number of hydrogen-bond donors (Lipinski definition) is 1. The molecule has 1 fully saturated rings. The van der Waals surface area contributed by atoms with Gasteiger partial charge in [0.05, 0.1) is 7.11 Å². The molecule has 1 N–H and O–H groups in total. The number of piperazine rings is 1. The predicted octanol–water partition coefficient (Wildman–Crippen LogP) is 0.866. The zero-order chi connectivity index (χ0) is 15.4. The molecule has 5 heteroatoms. The lowest BCUT2D eigenvalue weighted by atomic mass is 10.1. The van der Waals surface area contributed by atoms with Crippen molar-refractivity contribution in [2.24, 2.45) is 0 Å². The van der Waals surface area contributed by atoms with Crippen LogP contribution in [0.25, 0.3) is 0 Å². The summed E-state index contributed by atoms with van der Waals surface area (Å²) < 4.78 is 5.27. The van der Waals surface area contributed by atoms with E-state index in [9.17, 15) is 4.79 Å². The maximum absolute atomic E-state index is 12.5. The largest absolute Gasteiger partial charge is 0.496 e. The van der Waals surface area contributed by atoms with Crippen molar-refractivity contribution < 1.29 is 9.53 Å². The molecule has 0 spiro atoms. The molecule has 1 aliphatic heterocycles. The summed E-state index contributed by atoms with van der Waals surface area (Å²) >= 11 is 0. The molecule has 0 saturated carbocycles. The Labute approximate surface area is 126 Å². The summed E-state index contributed by atoms with van der Waals surface area (Å²) in [5.41, 5.74) is 2.21. The van der Waals surface area contributed by atoms with Crippen molar-refractivity contribution >= 4 is 5.91 Å². The molecule has 2 rings (SSSR count). The second-order valence-electron chi connectivity index (χ2n) is 5.70. The van der Waals surface area contributed by atoms with Crippen molar-refractivity contribution in [1.29, 1.82) is 0 Å². The van der Waals surface area contributed by atoms with Gasteiger partial charge in [-0.2, -0.15) is 0 Å². The Kier molecular flexibility index (Phi) is 5.20. The molecule has 1 amide bonds. The lowest BCUT2D eigenvalue weighted by Gasteiger charge is -2.34. The Morgan fingerprint density at radius 1 is 1.52 bits per heavy atom. The van der Waals surface area contributed by atoms with Gasteiger partial charge in [-0.1, -0.05) is 12.1 Å². The highest BCUT2D eigenvalue weighted by Gasteiger charge is 2.28. The van der Waals surface area contributed by atoms with Crippen LogP contribution in [0, 0.1) is 6.92 Å². The topological polar surface area (TPSA) is 44.8 Å². The van der Waals surface area contributed by atoms with Crippen LogP contribution in [-0.2, 0) is 11.3 Å². The van der Waals surface area contributed by atoms with Crippen molar-refractivity contribution in [1.82, 2.24) is 15.1 Å². The summed E-state index contributed by atoms with van der Waals surface area (Å²) in [4.78, 5) is 16.5. The molecule has 21 heavy (non-hydrogen) atoms. The van der Waals surface area contributed by atoms with E-state index in [-0.39, 0.29) is 11.9 Å². The number of benzene rings is 1. The van der Waals surface area contributed by atoms with Crippen LogP contribution in [0.3, 0.4) is 0 Å². The first-order valence-corrected chi connectivity index (χ1v) is 7.32. The number of nitrogens with zero attached hydrogens (tertiary/aromatic N) is 2. The molecule has 1 heterocycles. The molecule has 0 radical (unpaired) electrons. The van der Waals surface area contributed by atoms with Gasteiger partial charge in [-0.05, 0) is 31.2 Å². The quantitative estimate of drug-likeness (QED) is 0.894. The average molecular weight is 291 g/mol. The van der Waals surface area contributed by atoms with Gasteiger partial charge in [0, 0.05) is 33.2 Å². The molecule has 5 nitrogen and oxygen atoms in total. The molecule has 0 aromatic heterocycles. The van der Waals surface area contributed by atoms with Gasteiger partial charge in [-0.25, -0.2) is 0 Å². The second kappa shape index (κ2) is 6.91. The minimum Gasteiger partial charge on any atom is -0.496 e. The maximum atomic E-state index is 12.5. The monoisotopic (exact) mass is 291 g/mol. The first kappa shape index (κ1) is 15.8. The van der Waals surface area contributed by atoms with Crippen LogP contribution in [0.2, 0.25) is 0 Å². The fraction of sp³-hybridized carbons (Fsp3) is 0.562. The highest BCUT2D eigenvalue weighted by atomic mass is 16.5. The summed E-state index contributed by atoms with van der Waals surface area (Å²) in [6.45, 7) is 5.21. The van der Waals surface area contributed by atoms with Gasteiger partial charge < -0.3 is 15.0 Å². The Hall–Kier alpha value is -1.59. The number of hydrogen-bond acceptors (Lipinski definition) is 4. The minimum absolute atomic E-state index is 0.0666. The summed E-state index contributed by atoms with van der Waals surface area (Å²) in [6.07, 6.45) is 0. The van der Waals surface area contributed by atoms with Gasteiger partial charge in [0.15, 0.2) is 0 Å². The number of nitrogens with one attached hydrogen (secondary N) is 1. The Balaban J connectivity index is 2.01. The molecular formula is C16H25N3O2. The van der Waals surface area contributed by atoms with E-state index in [1.165, 1.54) is 0 Å². The number of methoxy groups -OCH3 is 1. The van der Waals surface area contributed by atoms with E-state index in [1.807, 2.05) is 33.2 Å². The van der Waals surface area contributed by atoms with Crippen molar-refractivity contribution in [3.63, 3.8) is 0 Å². The highest BCUT2D eigenvalue weighted by Crippen LogP contribution is 2.19. The van der Waals surface area contributed by atoms with Crippen LogP contribution in [-0.4, -0.2) is 62.6 Å². The number of amides is 1. The number of ether oxygens (including phenoxy) is 1. The van der Waals surface area contributed by atoms with Gasteiger partial charge >= 0.3 is 0 Å². The fourth-order valence-electron chi connectivity index (χ4n) is 2.73. The van der Waals surface area contributed by atoms with Gasteiger partial charge in [0.2, 0.25) is 5.91 Å². The van der Waals surface area contributed by atoms with Crippen LogP contribution in [0.5, 0.6) is 5.75 Å². The van der Waals surface area contributed by atoms with Gasteiger partial charge in [0.1, 0.15) is 11.8 Å². The van der Waals surface area contributed by atoms with Crippen molar-refractivity contribution in [2.75, 3.05) is 40.8 Å². The predicted molar refractivity (Wildman–Crippen MR) is 83.5 cm³/mol. The minimum atomic E-state index is -0.0666. The van der Waals surface area contributed by atoms with Crippen LogP contribution in [0.15, 0.2) is 18.2 Å².